The summed E-state index contributed by atoms with van der Waals surface area (Å²) in [6, 6.07) is 7.31. The van der Waals surface area contributed by atoms with Crippen LogP contribution in [0.3, 0.4) is 0 Å². The number of ether oxygens (including phenoxy) is 1. The van der Waals surface area contributed by atoms with E-state index in [2.05, 4.69) is 30.0 Å². The molecule has 1 aromatic carbocycles. The molecule has 1 aromatic rings. The molecule has 3 heteroatoms. The molecule has 19 heavy (non-hydrogen) atoms. The number of likely N-dealkylation sites (tertiary alicyclic amines) is 1. The predicted molar refractivity (Wildman–Crippen MR) is 77.5 cm³/mol. The van der Waals surface area contributed by atoms with Gasteiger partial charge in [0.05, 0.1) is 6.61 Å². The van der Waals surface area contributed by atoms with Gasteiger partial charge < -0.3 is 10.5 Å². The number of benzene rings is 1. The highest BCUT2D eigenvalue weighted by Gasteiger charge is 2.30. The summed E-state index contributed by atoms with van der Waals surface area (Å²) in [6.45, 7) is 5.40. The molecule has 2 aliphatic heterocycles. The van der Waals surface area contributed by atoms with E-state index in [1.165, 1.54) is 30.5 Å². The van der Waals surface area contributed by atoms with Gasteiger partial charge in [-0.05, 0) is 49.5 Å². The highest BCUT2D eigenvalue weighted by Crippen LogP contribution is 2.34. The number of rotatable bonds is 3. The summed E-state index contributed by atoms with van der Waals surface area (Å²) in [6.07, 6.45) is 4.60. The fourth-order valence-corrected chi connectivity index (χ4v) is 3.48. The molecule has 0 aliphatic carbocycles. The molecule has 0 amide bonds. The minimum absolute atomic E-state index is 0.265. The van der Waals surface area contributed by atoms with Crippen molar-refractivity contribution in [3.8, 4) is 5.75 Å². The lowest BCUT2D eigenvalue weighted by Crippen LogP contribution is -2.46. The van der Waals surface area contributed by atoms with E-state index in [9.17, 15) is 0 Å². The van der Waals surface area contributed by atoms with Crippen LogP contribution in [0.4, 0.5) is 0 Å². The van der Waals surface area contributed by atoms with Crippen molar-refractivity contribution >= 4 is 0 Å². The standard InChI is InChI=1S/C16H24N2O/c1-2-8-18-9-3-4-14(17)16(18)13-5-6-15-12(11-13)7-10-19-15/h5-6,11,14,16H,2-4,7-10,17H2,1H3. The van der Waals surface area contributed by atoms with Gasteiger partial charge in [0.2, 0.25) is 0 Å². The van der Waals surface area contributed by atoms with Crippen LogP contribution in [0.2, 0.25) is 0 Å². The Kier molecular flexibility index (Phi) is 3.76. The Morgan fingerprint density at radius 2 is 2.32 bits per heavy atom. The van der Waals surface area contributed by atoms with Crippen LogP contribution in [0, 0.1) is 0 Å². The first-order valence-electron chi connectivity index (χ1n) is 7.55. The lowest BCUT2D eigenvalue weighted by molar-refractivity contribution is 0.128. The Morgan fingerprint density at radius 3 is 3.16 bits per heavy atom. The number of nitrogens with zero attached hydrogens (tertiary/aromatic N) is 1. The predicted octanol–water partition coefficient (Wildman–Crippen LogP) is 2.50. The van der Waals surface area contributed by atoms with Crippen molar-refractivity contribution < 1.29 is 4.74 Å². The summed E-state index contributed by atoms with van der Waals surface area (Å²) in [5.74, 6) is 1.06. The topological polar surface area (TPSA) is 38.5 Å². The third kappa shape index (κ3) is 2.49. The Labute approximate surface area is 115 Å². The average Bonchev–Trinajstić information content (AvgIpc) is 2.86. The van der Waals surface area contributed by atoms with Crippen LogP contribution < -0.4 is 10.5 Å². The molecule has 3 nitrogen and oxygen atoms in total. The van der Waals surface area contributed by atoms with Crippen LogP contribution in [0.5, 0.6) is 5.75 Å². The number of hydrogen-bond donors (Lipinski definition) is 1. The van der Waals surface area contributed by atoms with Gasteiger partial charge in [0, 0.05) is 18.5 Å². The third-order valence-electron chi connectivity index (χ3n) is 4.35. The first kappa shape index (κ1) is 12.9. The van der Waals surface area contributed by atoms with Gasteiger partial charge in [0.15, 0.2) is 0 Å². The molecule has 0 saturated carbocycles. The molecule has 2 heterocycles. The van der Waals surface area contributed by atoms with E-state index in [4.69, 9.17) is 10.5 Å². The minimum atomic E-state index is 0.265. The SMILES string of the molecule is CCCN1CCCC(N)C1c1ccc2c(c1)CCO2. The van der Waals surface area contributed by atoms with Crippen molar-refractivity contribution in [1.82, 2.24) is 4.90 Å². The zero-order valence-corrected chi connectivity index (χ0v) is 11.8. The first-order chi connectivity index (χ1) is 9.29. The summed E-state index contributed by atoms with van der Waals surface area (Å²) in [7, 11) is 0. The van der Waals surface area contributed by atoms with Crippen molar-refractivity contribution in [1.29, 1.82) is 0 Å². The molecule has 2 unspecified atom stereocenters. The summed E-state index contributed by atoms with van der Waals surface area (Å²) < 4.78 is 5.60. The molecule has 1 saturated heterocycles. The average molecular weight is 260 g/mol. The van der Waals surface area contributed by atoms with Crippen molar-refractivity contribution in [2.45, 2.75) is 44.7 Å². The molecule has 1 fully saturated rings. The van der Waals surface area contributed by atoms with Crippen molar-refractivity contribution in [3.05, 3.63) is 29.3 Å². The minimum Gasteiger partial charge on any atom is -0.493 e. The zero-order valence-electron chi connectivity index (χ0n) is 11.8. The molecule has 3 rings (SSSR count). The molecule has 2 aliphatic rings. The molecular weight excluding hydrogens is 236 g/mol. The van der Waals surface area contributed by atoms with Gasteiger partial charge in [-0.1, -0.05) is 19.1 Å². The van der Waals surface area contributed by atoms with E-state index in [0.29, 0.717) is 6.04 Å². The summed E-state index contributed by atoms with van der Waals surface area (Å²) in [5, 5.41) is 0. The van der Waals surface area contributed by atoms with E-state index in [1.54, 1.807) is 0 Å². The smallest absolute Gasteiger partial charge is 0.122 e. The third-order valence-corrected chi connectivity index (χ3v) is 4.35. The van der Waals surface area contributed by atoms with Crippen molar-refractivity contribution in [2.24, 2.45) is 5.73 Å². The maximum atomic E-state index is 6.40. The monoisotopic (exact) mass is 260 g/mol. The van der Waals surface area contributed by atoms with Crippen LogP contribution in [0.25, 0.3) is 0 Å². The summed E-state index contributed by atoms with van der Waals surface area (Å²) in [5.41, 5.74) is 9.14. The van der Waals surface area contributed by atoms with Gasteiger partial charge in [0.25, 0.3) is 0 Å². The quantitative estimate of drug-likeness (QED) is 0.907. The number of hydrogen-bond acceptors (Lipinski definition) is 3. The van der Waals surface area contributed by atoms with Crippen molar-refractivity contribution in [2.75, 3.05) is 19.7 Å². The molecular formula is C16H24N2O. The highest BCUT2D eigenvalue weighted by atomic mass is 16.5. The van der Waals surface area contributed by atoms with Gasteiger partial charge in [-0.15, -0.1) is 0 Å². The van der Waals surface area contributed by atoms with Crippen LogP contribution in [-0.4, -0.2) is 30.6 Å². The van der Waals surface area contributed by atoms with Crippen LogP contribution in [-0.2, 0) is 6.42 Å². The van der Waals surface area contributed by atoms with Gasteiger partial charge in [-0.25, -0.2) is 0 Å². The Morgan fingerprint density at radius 1 is 1.42 bits per heavy atom. The second kappa shape index (κ2) is 5.51. The van der Waals surface area contributed by atoms with Gasteiger partial charge in [-0.3, -0.25) is 4.90 Å². The normalized spacial score (nSPS) is 27.1. The summed E-state index contributed by atoms with van der Waals surface area (Å²) in [4.78, 5) is 2.56. The second-order valence-electron chi connectivity index (χ2n) is 5.75. The van der Waals surface area contributed by atoms with E-state index in [0.717, 1.165) is 31.7 Å². The molecule has 0 spiro atoms. The van der Waals surface area contributed by atoms with E-state index in [1.807, 2.05) is 0 Å². The van der Waals surface area contributed by atoms with E-state index >= 15 is 0 Å². The maximum absolute atomic E-state index is 6.40. The van der Waals surface area contributed by atoms with Gasteiger partial charge in [-0.2, -0.15) is 0 Å². The molecule has 2 N–H and O–H groups in total. The Balaban J connectivity index is 1.88. The molecule has 0 bridgehead atoms. The van der Waals surface area contributed by atoms with E-state index in [-0.39, 0.29) is 6.04 Å². The first-order valence-corrected chi connectivity index (χ1v) is 7.55. The molecule has 104 valence electrons. The maximum Gasteiger partial charge on any atom is 0.122 e. The van der Waals surface area contributed by atoms with Crippen molar-refractivity contribution in [3.63, 3.8) is 0 Å². The van der Waals surface area contributed by atoms with Crippen LogP contribution >= 0.6 is 0 Å². The fraction of sp³-hybridized carbons (Fsp3) is 0.625. The molecule has 2 atom stereocenters. The lowest BCUT2D eigenvalue weighted by Gasteiger charge is -2.40. The van der Waals surface area contributed by atoms with Gasteiger partial charge in [0.1, 0.15) is 5.75 Å². The number of nitrogens with two attached hydrogens (primary N) is 1. The fourth-order valence-electron chi connectivity index (χ4n) is 3.48. The largest absolute Gasteiger partial charge is 0.493 e. The van der Waals surface area contributed by atoms with Crippen LogP contribution in [0.15, 0.2) is 18.2 Å². The van der Waals surface area contributed by atoms with E-state index < -0.39 is 0 Å². The molecule has 0 radical (unpaired) electrons. The zero-order chi connectivity index (χ0) is 13.2. The number of piperidine rings is 1. The highest BCUT2D eigenvalue weighted by molar-refractivity contribution is 5.41. The number of fused-ring (bicyclic) bond motifs is 1. The Hall–Kier alpha value is -1.06. The second-order valence-corrected chi connectivity index (χ2v) is 5.75. The summed E-state index contributed by atoms with van der Waals surface area (Å²) >= 11 is 0. The Bertz CT molecular complexity index is 444. The lowest BCUT2D eigenvalue weighted by atomic mass is 9.89. The van der Waals surface area contributed by atoms with Gasteiger partial charge >= 0.3 is 0 Å². The molecule has 0 aromatic heterocycles. The van der Waals surface area contributed by atoms with Crippen LogP contribution in [0.1, 0.15) is 43.4 Å².